The standard InChI is InChI=1S/C12H27B.Li/c1-10(2,3)13(11(4,5)6)12(7,8)9;/h1-9H3;/q-1;+1. The minimum atomic E-state index is 0. The fourth-order valence-electron chi connectivity index (χ4n) is 3.90. The van der Waals surface area contributed by atoms with Crippen molar-refractivity contribution >= 4 is 6.71 Å². The molecule has 0 N–H and O–H groups in total. The maximum absolute atomic E-state index is 2.36. The van der Waals surface area contributed by atoms with E-state index in [0.717, 1.165) is 6.71 Å². The van der Waals surface area contributed by atoms with Crippen LogP contribution in [0, 0.1) is 0 Å². The van der Waals surface area contributed by atoms with Crippen molar-refractivity contribution in [3.05, 3.63) is 0 Å². The fourth-order valence-corrected chi connectivity index (χ4v) is 3.90. The van der Waals surface area contributed by atoms with E-state index in [0.29, 0.717) is 15.9 Å². The van der Waals surface area contributed by atoms with Gasteiger partial charge in [0.1, 0.15) is 0 Å². The number of hydrogen-bond donors (Lipinski definition) is 0. The van der Waals surface area contributed by atoms with Crippen molar-refractivity contribution in [2.24, 2.45) is 0 Å². The molecule has 0 unspecified atom stereocenters. The van der Waals surface area contributed by atoms with E-state index in [1.165, 1.54) is 0 Å². The van der Waals surface area contributed by atoms with Crippen LogP contribution in [0.2, 0.25) is 15.9 Å². The van der Waals surface area contributed by atoms with Gasteiger partial charge in [-0.15, -0.1) is 6.71 Å². The summed E-state index contributed by atoms with van der Waals surface area (Å²) in [6.45, 7) is 21.9. The third-order valence-electron chi connectivity index (χ3n) is 2.60. The van der Waals surface area contributed by atoms with Gasteiger partial charge in [0.05, 0.1) is 0 Å². The van der Waals surface area contributed by atoms with Crippen LogP contribution >= 0.6 is 0 Å². The molecule has 0 saturated heterocycles. The van der Waals surface area contributed by atoms with Crippen LogP contribution in [0.3, 0.4) is 0 Å². The van der Waals surface area contributed by atoms with E-state index in [4.69, 9.17) is 0 Å². The molecule has 14 heavy (non-hydrogen) atoms. The molecule has 1 radical (unpaired) electrons. The van der Waals surface area contributed by atoms with Crippen molar-refractivity contribution in [1.82, 2.24) is 0 Å². The van der Waals surface area contributed by atoms with Gasteiger partial charge >= 0.3 is 18.9 Å². The van der Waals surface area contributed by atoms with Crippen LogP contribution in [0.1, 0.15) is 62.3 Å². The van der Waals surface area contributed by atoms with Crippen molar-refractivity contribution in [3.8, 4) is 0 Å². The van der Waals surface area contributed by atoms with Gasteiger partial charge < -0.3 is 0 Å². The van der Waals surface area contributed by atoms with Crippen molar-refractivity contribution in [3.63, 3.8) is 0 Å². The van der Waals surface area contributed by atoms with Crippen LogP contribution < -0.4 is 18.9 Å². The molecule has 0 heterocycles. The topological polar surface area (TPSA) is 0 Å². The predicted molar refractivity (Wildman–Crippen MR) is 64.9 cm³/mol. The molecule has 0 aromatic rings. The zero-order chi connectivity index (χ0) is 11.1. The first-order valence-corrected chi connectivity index (χ1v) is 5.37. The van der Waals surface area contributed by atoms with Gasteiger partial charge in [-0.2, -0.15) is 15.9 Å². The molecule has 0 bridgehead atoms. The van der Waals surface area contributed by atoms with Crippen molar-refractivity contribution < 1.29 is 18.9 Å². The maximum atomic E-state index is 2.36. The van der Waals surface area contributed by atoms with E-state index in [1.807, 2.05) is 0 Å². The Bertz CT molecular complexity index is 133. The van der Waals surface area contributed by atoms with E-state index in [-0.39, 0.29) is 18.9 Å². The third-order valence-corrected chi connectivity index (χ3v) is 2.60. The molecular weight excluding hydrogens is 162 g/mol. The molecule has 0 aliphatic heterocycles. The molecule has 0 aromatic heterocycles. The summed E-state index contributed by atoms with van der Waals surface area (Å²) in [4.78, 5) is 0. The van der Waals surface area contributed by atoms with Gasteiger partial charge in [0.2, 0.25) is 0 Å². The Morgan fingerprint density at radius 2 is 0.643 bits per heavy atom. The van der Waals surface area contributed by atoms with Crippen LogP contribution in [0.15, 0.2) is 0 Å². The molecule has 0 fully saturated rings. The minimum Gasteiger partial charge on any atom is -0.193 e. The monoisotopic (exact) mass is 189 g/mol. The summed E-state index contributed by atoms with van der Waals surface area (Å²) in [5.74, 6) is 0. The Morgan fingerprint density at radius 1 is 0.500 bits per heavy atom. The quantitative estimate of drug-likeness (QED) is 0.510. The van der Waals surface area contributed by atoms with Crippen molar-refractivity contribution in [2.45, 2.75) is 78.3 Å². The normalized spacial score (nSPS) is 14.1. The molecule has 0 aliphatic carbocycles. The van der Waals surface area contributed by atoms with E-state index in [1.54, 1.807) is 0 Å². The average molecular weight is 189 g/mol. The van der Waals surface area contributed by atoms with Crippen molar-refractivity contribution in [2.75, 3.05) is 0 Å². The third kappa shape index (κ3) is 4.94. The zero-order valence-electron chi connectivity index (χ0n) is 12.1. The molecule has 0 aliphatic rings. The SMILES string of the molecule is CC(C)(C)[B-](C(C)(C)C)C(C)(C)C.[Li+]. The van der Waals surface area contributed by atoms with Gasteiger partial charge in [-0.3, -0.25) is 0 Å². The molecule has 79 valence electrons. The smallest absolute Gasteiger partial charge is 0.193 e. The second kappa shape index (κ2) is 4.67. The van der Waals surface area contributed by atoms with E-state index in [2.05, 4.69) is 62.3 Å². The largest absolute Gasteiger partial charge is 1.00 e. The van der Waals surface area contributed by atoms with Crippen LogP contribution in [0.5, 0.6) is 0 Å². The zero-order valence-corrected chi connectivity index (χ0v) is 12.1. The first kappa shape index (κ1) is 17.1. The summed E-state index contributed by atoms with van der Waals surface area (Å²) in [5, 5.41) is 1.16. The Hall–Kier alpha value is 0.662. The maximum Gasteiger partial charge on any atom is 1.00 e. The van der Waals surface area contributed by atoms with Gasteiger partial charge in [-0.05, 0) is 0 Å². The van der Waals surface area contributed by atoms with Crippen LogP contribution in [-0.2, 0) is 0 Å². The van der Waals surface area contributed by atoms with Gasteiger partial charge in [-0.1, -0.05) is 62.3 Å². The van der Waals surface area contributed by atoms with Crippen LogP contribution in [-0.4, -0.2) is 6.71 Å². The Balaban J connectivity index is 0. The first-order chi connectivity index (χ1) is 5.37. The molecule has 0 nitrogen and oxygen atoms in total. The van der Waals surface area contributed by atoms with Gasteiger partial charge in [0.15, 0.2) is 0 Å². The minimum absolute atomic E-state index is 0. The summed E-state index contributed by atoms with van der Waals surface area (Å²) >= 11 is 0. The molecule has 0 atom stereocenters. The molecule has 0 spiro atoms. The van der Waals surface area contributed by atoms with Gasteiger partial charge in [0, 0.05) is 0 Å². The molecule has 0 amide bonds. The summed E-state index contributed by atoms with van der Waals surface area (Å²) in [6.07, 6.45) is 0. The van der Waals surface area contributed by atoms with Crippen LogP contribution in [0.4, 0.5) is 0 Å². The van der Waals surface area contributed by atoms with Gasteiger partial charge in [-0.25, -0.2) is 0 Å². The van der Waals surface area contributed by atoms with Gasteiger partial charge in [0.25, 0.3) is 0 Å². The molecule has 0 saturated carbocycles. The molecule has 0 rings (SSSR count). The van der Waals surface area contributed by atoms with E-state index in [9.17, 15) is 0 Å². The summed E-state index contributed by atoms with van der Waals surface area (Å²) in [7, 11) is 0. The number of hydrogen-bond acceptors (Lipinski definition) is 0. The Morgan fingerprint density at radius 3 is 0.643 bits per heavy atom. The fraction of sp³-hybridized carbons (Fsp3) is 1.00. The van der Waals surface area contributed by atoms with E-state index < -0.39 is 0 Å². The average Bonchev–Trinajstić information content (AvgIpc) is 1.44. The number of rotatable bonds is 0. The second-order valence-corrected chi connectivity index (χ2v) is 7.53. The second-order valence-electron chi connectivity index (χ2n) is 7.53. The summed E-state index contributed by atoms with van der Waals surface area (Å²) < 4.78 is 0. The van der Waals surface area contributed by atoms with Crippen LogP contribution in [0.25, 0.3) is 0 Å². The first-order valence-electron chi connectivity index (χ1n) is 5.37. The van der Waals surface area contributed by atoms with E-state index >= 15 is 0 Å². The summed E-state index contributed by atoms with van der Waals surface area (Å²) in [6, 6.07) is 0. The Kier molecular flexibility index (Phi) is 5.69. The Labute approximate surface area is 104 Å². The molecule has 2 heteroatoms. The van der Waals surface area contributed by atoms with Crippen molar-refractivity contribution in [1.29, 1.82) is 0 Å². The molecule has 0 aromatic carbocycles. The molecular formula is C12H27BLi. The summed E-state index contributed by atoms with van der Waals surface area (Å²) in [5.41, 5.74) is 0. The predicted octanol–water partition coefficient (Wildman–Crippen LogP) is 1.89.